The number of hydrogen-bond donors (Lipinski definition) is 0. The van der Waals surface area contributed by atoms with Crippen LogP contribution in [0.4, 0.5) is 4.79 Å². The van der Waals surface area contributed by atoms with E-state index in [1.807, 2.05) is 31.6 Å². The molecule has 0 aromatic carbocycles. The molecule has 0 spiro atoms. The highest BCUT2D eigenvalue weighted by Gasteiger charge is 2.28. The molecule has 1 aliphatic rings. The van der Waals surface area contributed by atoms with Gasteiger partial charge in [0.15, 0.2) is 0 Å². The molecule has 0 atom stereocenters. The van der Waals surface area contributed by atoms with Gasteiger partial charge in [0.25, 0.3) is 0 Å². The van der Waals surface area contributed by atoms with Gasteiger partial charge in [-0.3, -0.25) is 4.68 Å². The first kappa shape index (κ1) is 16.1. The fourth-order valence-corrected chi connectivity index (χ4v) is 2.77. The summed E-state index contributed by atoms with van der Waals surface area (Å²) in [7, 11) is 1.60. The van der Waals surface area contributed by atoms with E-state index in [2.05, 4.69) is 21.0 Å². The maximum absolute atomic E-state index is 12.0. The zero-order valence-electron chi connectivity index (χ0n) is 12.9. The molecule has 7 heteroatoms. The Morgan fingerprint density at radius 1 is 1.38 bits per heavy atom. The van der Waals surface area contributed by atoms with Gasteiger partial charge in [-0.2, -0.15) is 0 Å². The van der Waals surface area contributed by atoms with Crippen molar-refractivity contribution in [3.05, 3.63) is 10.7 Å². The number of aromatic nitrogens is 2. The largest absolute Gasteiger partial charge is 0.479 e. The average molecular weight is 360 g/mol. The van der Waals surface area contributed by atoms with Crippen LogP contribution in [0.2, 0.25) is 0 Å². The van der Waals surface area contributed by atoms with Crippen LogP contribution in [0.5, 0.6) is 5.88 Å². The van der Waals surface area contributed by atoms with Crippen molar-refractivity contribution < 1.29 is 14.3 Å². The molecule has 21 heavy (non-hydrogen) atoms. The molecule has 2 heterocycles. The summed E-state index contributed by atoms with van der Waals surface area (Å²) in [4.78, 5) is 13.8. The van der Waals surface area contributed by atoms with Crippen LogP contribution < -0.4 is 4.74 Å². The molecular formula is C14H22BrN3O3. The number of carbonyl (C=O) groups excluding carboxylic acids is 1. The van der Waals surface area contributed by atoms with Crippen molar-refractivity contribution in [1.29, 1.82) is 0 Å². The number of nitrogens with zero attached hydrogens (tertiary/aromatic N) is 3. The lowest BCUT2D eigenvalue weighted by molar-refractivity contribution is 0.0184. The van der Waals surface area contributed by atoms with Gasteiger partial charge >= 0.3 is 6.09 Å². The van der Waals surface area contributed by atoms with Crippen molar-refractivity contribution in [3.8, 4) is 5.88 Å². The van der Waals surface area contributed by atoms with Gasteiger partial charge in [0.1, 0.15) is 5.60 Å². The van der Waals surface area contributed by atoms with Crippen molar-refractivity contribution in [1.82, 2.24) is 14.7 Å². The van der Waals surface area contributed by atoms with Gasteiger partial charge in [-0.15, -0.1) is 5.10 Å². The molecule has 0 unspecified atom stereocenters. The molecule has 0 aliphatic carbocycles. The van der Waals surface area contributed by atoms with Gasteiger partial charge < -0.3 is 14.4 Å². The van der Waals surface area contributed by atoms with Crippen LogP contribution in [0.1, 0.15) is 39.7 Å². The molecule has 0 radical (unpaired) electrons. The first-order valence-corrected chi connectivity index (χ1v) is 7.86. The minimum Gasteiger partial charge on any atom is -0.479 e. The SMILES string of the molecule is COc1nn(C2CCN(C(=O)OC(C)(C)C)CC2)cc1Br. The van der Waals surface area contributed by atoms with Crippen LogP contribution in [0.25, 0.3) is 0 Å². The highest BCUT2D eigenvalue weighted by Crippen LogP contribution is 2.28. The fraction of sp³-hybridized carbons (Fsp3) is 0.714. The van der Waals surface area contributed by atoms with Crippen LogP contribution in [0, 0.1) is 0 Å². The Hall–Kier alpha value is -1.24. The molecule has 0 bridgehead atoms. The highest BCUT2D eigenvalue weighted by atomic mass is 79.9. The summed E-state index contributed by atoms with van der Waals surface area (Å²) in [6.07, 6.45) is 3.40. The van der Waals surface area contributed by atoms with E-state index in [4.69, 9.17) is 9.47 Å². The number of halogens is 1. The lowest BCUT2D eigenvalue weighted by atomic mass is 10.1. The summed E-state index contributed by atoms with van der Waals surface area (Å²) >= 11 is 3.42. The maximum Gasteiger partial charge on any atom is 0.410 e. The highest BCUT2D eigenvalue weighted by molar-refractivity contribution is 9.10. The molecule has 1 fully saturated rings. The lowest BCUT2D eigenvalue weighted by Crippen LogP contribution is -2.42. The molecule has 1 aromatic heterocycles. The summed E-state index contributed by atoms with van der Waals surface area (Å²) in [5.74, 6) is 0.588. The van der Waals surface area contributed by atoms with Crippen molar-refractivity contribution >= 4 is 22.0 Å². The molecule has 6 nitrogen and oxygen atoms in total. The summed E-state index contributed by atoms with van der Waals surface area (Å²) in [6, 6.07) is 0.281. The number of methoxy groups -OCH3 is 1. The Morgan fingerprint density at radius 2 is 2.00 bits per heavy atom. The number of hydrogen-bond acceptors (Lipinski definition) is 4. The van der Waals surface area contributed by atoms with E-state index in [1.54, 1.807) is 12.0 Å². The second-order valence-electron chi connectivity index (χ2n) is 6.16. The maximum atomic E-state index is 12.0. The van der Waals surface area contributed by atoms with Gasteiger partial charge in [0, 0.05) is 19.3 Å². The Morgan fingerprint density at radius 3 is 2.48 bits per heavy atom. The van der Waals surface area contributed by atoms with E-state index in [9.17, 15) is 4.79 Å². The first-order valence-electron chi connectivity index (χ1n) is 7.06. The predicted octanol–water partition coefficient (Wildman–Crippen LogP) is 3.23. The Balaban J connectivity index is 1.92. The topological polar surface area (TPSA) is 56.6 Å². The van der Waals surface area contributed by atoms with Gasteiger partial charge in [-0.1, -0.05) is 0 Å². The van der Waals surface area contributed by atoms with Crippen LogP contribution in [0.15, 0.2) is 10.7 Å². The molecule has 1 saturated heterocycles. The predicted molar refractivity (Wildman–Crippen MR) is 82.6 cm³/mol. The molecule has 2 rings (SSSR count). The van der Waals surface area contributed by atoms with E-state index < -0.39 is 5.60 Å². The quantitative estimate of drug-likeness (QED) is 0.813. The third-order valence-electron chi connectivity index (χ3n) is 3.34. The summed E-state index contributed by atoms with van der Waals surface area (Å²) in [5, 5.41) is 4.39. The molecule has 1 aromatic rings. The lowest BCUT2D eigenvalue weighted by Gasteiger charge is -2.33. The van der Waals surface area contributed by atoms with Crippen molar-refractivity contribution in [2.75, 3.05) is 20.2 Å². The third-order valence-corrected chi connectivity index (χ3v) is 3.88. The average Bonchev–Trinajstić information content (AvgIpc) is 2.78. The summed E-state index contributed by atoms with van der Waals surface area (Å²) in [6.45, 7) is 7.00. The van der Waals surface area contributed by atoms with Crippen LogP contribution in [-0.4, -0.2) is 46.6 Å². The monoisotopic (exact) mass is 359 g/mol. The van der Waals surface area contributed by atoms with Crippen LogP contribution in [-0.2, 0) is 4.74 Å². The molecule has 0 saturated carbocycles. The summed E-state index contributed by atoms with van der Waals surface area (Å²) < 4.78 is 13.3. The first-order chi connectivity index (χ1) is 9.80. The molecule has 1 amide bonds. The van der Waals surface area contributed by atoms with Crippen molar-refractivity contribution in [2.45, 2.75) is 45.3 Å². The minimum absolute atomic E-state index is 0.236. The minimum atomic E-state index is -0.450. The van der Waals surface area contributed by atoms with Gasteiger partial charge in [-0.05, 0) is 49.5 Å². The third kappa shape index (κ3) is 4.12. The second kappa shape index (κ2) is 6.25. The number of ether oxygens (including phenoxy) is 2. The Labute approximate surface area is 133 Å². The van der Waals surface area contributed by atoms with Crippen LogP contribution >= 0.6 is 15.9 Å². The fourth-order valence-electron chi connectivity index (χ4n) is 2.32. The van der Waals surface area contributed by atoms with Gasteiger partial charge in [0.05, 0.1) is 17.6 Å². The zero-order chi connectivity index (χ0) is 15.6. The number of piperidine rings is 1. The molecule has 118 valence electrons. The number of amides is 1. The smallest absolute Gasteiger partial charge is 0.410 e. The van der Waals surface area contributed by atoms with Gasteiger partial charge in [0.2, 0.25) is 5.88 Å². The normalized spacial score (nSPS) is 16.9. The van der Waals surface area contributed by atoms with E-state index in [0.717, 1.165) is 17.3 Å². The van der Waals surface area contributed by atoms with Crippen LogP contribution in [0.3, 0.4) is 0 Å². The van der Waals surface area contributed by atoms with Crippen molar-refractivity contribution in [2.24, 2.45) is 0 Å². The number of rotatable bonds is 2. The Kier molecular flexibility index (Phi) is 4.81. The number of likely N-dealkylation sites (tertiary alicyclic amines) is 1. The van der Waals surface area contributed by atoms with E-state index in [1.165, 1.54) is 0 Å². The molecular weight excluding hydrogens is 338 g/mol. The molecule has 0 N–H and O–H groups in total. The second-order valence-corrected chi connectivity index (χ2v) is 7.02. The van der Waals surface area contributed by atoms with E-state index >= 15 is 0 Å². The standard InChI is InChI=1S/C14H22BrN3O3/c1-14(2,3)21-13(19)17-7-5-10(6-8-17)18-9-11(15)12(16-18)20-4/h9-10H,5-8H2,1-4H3. The Bertz CT molecular complexity index is 502. The van der Waals surface area contributed by atoms with Crippen molar-refractivity contribution in [3.63, 3.8) is 0 Å². The molecule has 1 aliphatic heterocycles. The van der Waals surface area contributed by atoms with E-state index in [-0.39, 0.29) is 12.1 Å². The number of carbonyl (C=O) groups is 1. The summed E-state index contributed by atoms with van der Waals surface area (Å²) in [5.41, 5.74) is -0.450. The van der Waals surface area contributed by atoms with E-state index in [0.29, 0.717) is 19.0 Å². The van der Waals surface area contributed by atoms with Gasteiger partial charge in [-0.25, -0.2) is 4.79 Å². The zero-order valence-corrected chi connectivity index (χ0v) is 14.5.